The van der Waals surface area contributed by atoms with Crippen molar-refractivity contribution in [3.05, 3.63) is 24.2 Å². The van der Waals surface area contributed by atoms with Gasteiger partial charge in [0.05, 0.1) is 37.4 Å². The second-order valence-corrected chi connectivity index (χ2v) is 8.46. The number of alkyl halides is 3. The summed E-state index contributed by atoms with van der Waals surface area (Å²) in [6, 6.07) is 2.05. The highest BCUT2D eigenvalue weighted by Crippen LogP contribution is 2.36. The van der Waals surface area contributed by atoms with E-state index in [0.717, 1.165) is 71.7 Å². The van der Waals surface area contributed by atoms with Crippen LogP contribution < -0.4 is 0 Å². The molecular weight excluding hydrogens is 419 g/mol. The SMILES string of the molecule is O=C(O)C(F)(F)F.c1cc(CN2CCC[C@]3(C[C@H](OCC4CCOCC4)CO3)C2)co1. The van der Waals surface area contributed by atoms with E-state index in [9.17, 15) is 13.2 Å². The van der Waals surface area contributed by atoms with Crippen LogP contribution in [0.15, 0.2) is 23.0 Å². The van der Waals surface area contributed by atoms with Crippen molar-refractivity contribution in [2.45, 2.75) is 56.5 Å². The lowest BCUT2D eigenvalue weighted by atomic mass is 9.89. The molecule has 0 aliphatic carbocycles. The van der Waals surface area contributed by atoms with Crippen molar-refractivity contribution in [2.75, 3.05) is 39.5 Å². The zero-order valence-electron chi connectivity index (χ0n) is 17.4. The Kier molecular flexibility index (Phi) is 8.37. The van der Waals surface area contributed by atoms with E-state index >= 15 is 0 Å². The molecule has 1 aromatic heterocycles. The number of hydrogen-bond donors (Lipinski definition) is 1. The molecule has 7 nitrogen and oxygen atoms in total. The molecule has 0 bridgehead atoms. The maximum Gasteiger partial charge on any atom is 0.490 e. The lowest BCUT2D eigenvalue weighted by Crippen LogP contribution is -2.47. The number of aliphatic carboxylic acids is 1. The smallest absolute Gasteiger partial charge is 0.475 e. The molecule has 1 N–H and O–H groups in total. The fraction of sp³-hybridized carbons (Fsp3) is 0.762. The third-order valence-corrected chi connectivity index (χ3v) is 5.93. The van der Waals surface area contributed by atoms with Gasteiger partial charge >= 0.3 is 12.1 Å². The van der Waals surface area contributed by atoms with Crippen molar-refractivity contribution in [3.8, 4) is 0 Å². The number of piperidine rings is 1. The predicted molar refractivity (Wildman–Crippen MR) is 103 cm³/mol. The summed E-state index contributed by atoms with van der Waals surface area (Å²) in [4.78, 5) is 11.4. The molecule has 3 fully saturated rings. The van der Waals surface area contributed by atoms with Crippen molar-refractivity contribution >= 4 is 5.97 Å². The average molecular weight is 449 g/mol. The summed E-state index contributed by atoms with van der Waals surface area (Å²) in [5.74, 6) is -2.09. The number of carboxylic acids is 1. The predicted octanol–water partition coefficient (Wildman–Crippen LogP) is 3.48. The number of hydrogen-bond acceptors (Lipinski definition) is 6. The monoisotopic (exact) mass is 449 g/mol. The molecule has 1 aromatic rings. The van der Waals surface area contributed by atoms with E-state index in [1.807, 2.05) is 6.26 Å². The molecule has 0 aromatic carbocycles. The molecule has 176 valence electrons. The van der Waals surface area contributed by atoms with Gasteiger partial charge in [0, 0.05) is 38.3 Å². The minimum atomic E-state index is -5.08. The van der Waals surface area contributed by atoms with Gasteiger partial charge in [-0.25, -0.2) is 4.79 Å². The number of carbonyl (C=O) groups is 1. The molecule has 4 heterocycles. The summed E-state index contributed by atoms with van der Waals surface area (Å²) in [5, 5.41) is 7.12. The molecular formula is C21H30F3NO6. The highest BCUT2D eigenvalue weighted by molar-refractivity contribution is 5.73. The Hall–Kier alpha value is -1.62. The molecule has 0 unspecified atom stereocenters. The highest BCUT2D eigenvalue weighted by Gasteiger charge is 2.44. The molecule has 3 aliphatic heterocycles. The number of carboxylic acid groups (broad SMARTS) is 1. The van der Waals surface area contributed by atoms with Crippen molar-refractivity contribution in [3.63, 3.8) is 0 Å². The molecule has 2 atom stereocenters. The Labute approximate surface area is 179 Å². The summed E-state index contributed by atoms with van der Waals surface area (Å²) in [6.07, 6.45) is 4.45. The normalized spacial score (nSPS) is 27.8. The number of halogens is 3. The summed E-state index contributed by atoms with van der Waals surface area (Å²) < 4.78 is 54.8. The molecule has 0 radical (unpaired) electrons. The van der Waals surface area contributed by atoms with Crippen molar-refractivity contribution in [1.29, 1.82) is 0 Å². The minimum absolute atomic E-state index is 0.00231. The van der Waals surface area contributed by atoms with Gasteiger partial charge in [0.15, 0.2) is 0 Å². The van der Waals surface area contributed by atoms with Crippen LogP contribution in [0.2, 0.25) is 0 Å². The lowest BCUT2D eigenvalue weighted by molar-refractivity contribution is -0.192. The first-order chi connectivity index (χ1) is 14.8. The molecule has 3 aliphatic rings. The van der Waals surface area contributed by atoms with Gasteiger partial charge < -0.3 is 23.7 Å². The van der Waals surface area contributed by atoms with Gasteiger partial charge in [-0.3, -0.25) is 4.90 Å². The first-order valence-corrected chi connectivity index (χ1v) is 10.6. The highest BCUT2D eigenvalue weighted by atomic mass is 19.4. The summed E-state index contributed by atoms with van der Waals surface area (Å²) in [6.45, 7) is 6.51. The van der Waals surface area contributed by atoms with Crippen LogP contribution in [0.3, 0.4) is 0 Å². The summed E-state index contributed by atoms with van der Waals surface area (Å²) >= 11 is 0. The lowest BCUT2D eigenvalue weighted by Gasteiger charge is -2.39. The van der Waals surface area contributed by atoms with Crippen LogP contribution >= 0.6 is 0 Å². The standard InChI is InChI=1S/C19H29NO4.C2HF3O2/c1-5-19(15-20(6-1)11-17-4-9-22-12-17)10-18(14-24-19)23-13-16-2-7-21-8-3-16;3-2(4,5)1(6)7/h4,9,12,16,18H,1-3,5-8,10-11,13-15H2;(H,6,7)/t18-,19-;/m0./s1. The van der Waals surface area contributed by atoms with E-state index in [4.69, 9.17) is 28.5 Å². The van der Waals surface area contributed by atoms with E-state index in [2.05, 4.69) is 11.0 Å². The zero-order valence-corrected chi connectivity index (χ0v) is 17.4. The van der Waals surface area contributed by atoms with Crippen molar-refractivity contribution in [1.82, 2.24) is 4.90 Å². The Morgan fingerprint density at radius 3 is 2.71 bits per heavy atom. The molecule has 4 rings (SSSR count). The Bertz CT molecular complexity index is 677. The second kappa shape index (κ2) is 10.8. The summed E-state index contributed by atoms with van der Waals surface area (Å²) in [5.41, 5.74) is 1.25. The second-order valence-electron chi connectivity index (χ2n) is 8.46. The first kappa shape index (κ1) is 24.0. The van der Waals surface area contributed by atoms with Gasteiger partial charge in [0.2, 0.25) is 0 Å². The Morgan fingerprint density at radius 2 is 2.06 bits per heavy atom. The van der Waals surface area contributed by atoms with Crippen LogP contribution in [0.1, 0.15) is 37.7 Å². The molecule has 10 heteroatoms. The maximum atomic E-state index is 10.6. The van der Waals surface area contributed by atoms with Crippen molar-refractivity contribution < 1.29 is 41.7 Å². The average Bonchev–Trinajstić information content (AvgIpc) is 3.37. The number of rotatable bonds is 5. The Balaban J connectivity index is 0.000000339. The van der Waals surface area contributed by atoms with Crippen LogP contribution in [-0.2, 0) is 25.5 Å². The quantitative estimate of drug-likeness (QED) is 0.737. The Morgan fingerprint density at radius 1 is 1.32 bits per heavy atom. The number of nitrogens with zero attached hydrogens (tertiary/aromatic N) is 1. The van der Waals surface area contributed by atoms with E-state index in [1.54, 1.807) is 6.26 Å². The largest absolute Gasteiger partial charge is 0.490 e. The van der Waals surface area contributed by atoms with Crippen molar-refractivity contribution in [2.24, 2.45) is 5.92 Å². The fourth-order valence-corrected chi connectivity index (χ4v) is 4.35. The molecule has 1 spiro atoms. The van der Waals surface area contributed by atoms with Crippen LogP contribution in [0.5, 0.6) is 0 Å². The third-order valence-electron chi connectivity index (χ3n) is 5.93. The minimum Gasteiger partial charge on any atom is -0.475 e. The fourth-order valence-electron chi connectivity index (χ4n) is 4.35. The van der Waals surface area contributed by atoms with E-state index in [1.165, 1.54) is 12.0 Å². The van der Waals surface area contributed by atoms with Crippen LogP contribution in [0, 0.1) is 5.92 Å². The van der Waals surface area contributed by atoms with Gasteiger partial charge in [0.1, 0.15) is 0 Å². The zero-order chi connectivity index (χ0) is 22.3. The molecule has 0 saturated carbocycles. The van der Waals surface area contributed by atoms with Crippen LogP contribution in [0.4, 0.5) is 13.2 Å². The van der Waals surface area contributed by atoms with Gasteiger partial charge in [-0.2, -0.15) is 13.2 Å². The van der Waals surface area contributed by atoms with Gasteiger partial charge in [-0.05, 0) is 44.2 Å². The molecule has 0 amide bonds. The van der Waals surface area contributed by atoms with Gasteiger partial charge in [-0.1, -0.05) is 0 Å². The van der Waals surface area contributed by atoms with Crippen LogP contribution in [-0.4, -0.2) is 73.4 Å². The molecule has 3 saturated heterocycles. The van der Waals surface area contributed by atoms with Gasteiger partial charge in [-0.15, -0.1) is 0 Å². The first-order valence-electron chi connectivity index (χ1n) is 10.6. The molecule has 31 heavy (non-hydrogen) atoms. The van der Waals surface area contributed by atoms with Crippen LogP contribution in [0.25, 0.3) is 0 Å². The van der Waals surface area contributed by atoms with Gasteiger partial charge in [0.25, 0.3) is 0 Å². The number of ether oxygens (including phenoxy) is 3. The van der Waals surface area contributed by atoms with E-state index < -0.39 is 12.1 Å². The third kappa shape index (κ3) is 7.48. The number of furan rings is 1. The van der Waals surface area contributed by atoms with E-state index in [-0.39, 0.29) is 11.7 Å². The van der Waals surface area contributed by atoms with E-state index in [0.29, 0.717) is 5.92 Å². The summed E-state index contributed by atoms with van der Waals surface area (Å²) in [7, 11) is 0. The topological polar surface area (TPSA) is 81.4 Å². The number of likely N-dealkylation sites (tertiary alicyclic amines) is 1. The maximum absolute atomic E-state index is 10.6.